The van der Waals surface area contributed by atoms with E-state index in [9.17, 15) is 15.0 Å². The van der Waals surface area contributed by atoms with Gasteiger partial charge in [0, 0.05) is 17.6 Å². The highest BCUT2D eigenvalue weighted by atomic mass is 16.6. The van der Waals surface area contributed by atoms with Crippen LogP contribution in [0.1, 0.15) is 56.7 Å². The molecule has 7 nitrogen and oxygen atoms in total. The predicted octanol–water partition coefficient (Wildman–Crippen LogP) is 3.09. The lowest BCUT2D eigenvalue weighted by atomic mass is 9.48. The molecular formula is C30H38N2O5. The van der Waals surface area contributed by atoms with Crippen LogP contribution in [0, 0.1) is 0 Å². The molecule has 0 radical (unpaired) electrons. The molecular weight excluding hydrogens is 468 g/mol. The molecule has 2 fully saturated rings. The topological polar surface area (TPSA) is 91.3 Å². The van der Waals surface area contributed by atoms with Crippen molar-refractivity contribution < 1.29 is 24.5 Å². The predicted molar refractivity (Wildman–Crippen MR) is 140 cm³/mol. The van der Waals surface area contributed by atoms with Crippen molar-refractivity contribution in [3.8, 4) is 11.5 Å². The number of aliphatic hydroxyl groups is 1. The number of phenols is 1. The molecule has 2 bridgehead atoms. The molecule has 2 unspecified atom stereocenters. The lowest BCUT2D eigenvalue weighted by molar-refractivity contribution is -0.188. The average molecular weight is 507 g/mol. The van der Waals surface area contributed by atoms with Crippen molar-refractivity contribution in [2.75, 3.05) is 13.6 Å². The number of aromatic hydroxyl groups is 1. The normalized spacial score (nSPS) is 32.8. The van der Waals surface area contributed by atoms with Gasteiger partial charge in [0.1, 0.15) is 17.7 Å². The first kappa shape index (κ1) is 24.7. The summed E-state index contributed by atoms with van der Waals surface area (Å²) < 4.78 is 12.4. The molecule has 1 saturated carbocycles. The largest absolute Gasteiger partial charge is 0.504 e. The van der Waals surface area contributed by atoms with Gasteiger partial charge in [0.15, 0.2) is 11.5 Å². The number of ether oxygens (including phenoxy) is 2. The Morgan fingerprint density at radius 1 is 1.22 bits per heavy atom. The molecule has 7 heteroatoms. The van der Waals surface area contributed by atoms with Crippen molar-refractivity contribution >= 4 is 5.97 Å². The number of likely N-dealkylation sites (N-methyl/N-ethyl adjacent to an activating group) is 1. The second kappa shape index (κ2) is 8.45. The van der Waals surface area contributed by atoms with Gasteiger partial charge in [-0.3, -0.25) is 10.1 Å². The third-order valence-corrected chi connectivity index (χ3v) is 9.12. The van der Waals surface area contributed by atoms with Gasteiger partial charge in [0.2, 0.25) is 0 Å². The molecule has 37 heavy (non-hydrogen) atoms. The van der Waals surface area contributed by atoms with Crippen molar-refractivity contribution in [2.24, 2.45) is 0 Å². The molecule has 0 amide bonds. The van der Waals surface area contributed by atoms with Crippen molar-refractivity contribution in [3.63, 3.8) is 0 Å². The molecule has 198 valence electrons. The number of piperidine rings is 1. The summed E-state index contributed by atoms with van der Waals surface area (Å²) in [5.74, 6) is 0.335. The summed E-state index contributed by atoms with van der Waals surface area (Å²) >= 11 is 0. The Hall–Kier alpha value is -2.61. The molecule has 6 atom stereocenters. The van der Waals surface area contributed by atoms with Gasteiger partial charge in [-0.25, -0.2) is 0 Å². The van der Waals surface area contributed by atoms with E-state index in [-0.39, 0.29) is 23.8 Å². The average Bonchev–Trinajstić information content (AvgIpc) is 3.20. The summed E-state index contributed by atoms with van der Waals surface area (Å²) in [5.41, 5.74) is 0.967. The Labute approximate surface area is 218 Å². The standard InChI is InChI=1S/C30H38N2O5/c1-28(2,3)37-27(34)21(16-18-8-6-5-7-9-18)31-20-12-13-30(35)23-17-19-10-11-22(33)25-24(19)29(30,26(20)36-25)14-15-32(23)4/h5-11,20-21,23,26,31,33,35H,12-17H2,1-4H3/t20?,21-,23+,26?,29-,30+/m0/s1. The van der Waals surface area contributed by atoms with Crippen molar-refractivity contribution in [2.45, 2.75) is 93.7 Å². The van der Waals surface area contributed by atoms with Crippen LogP contribution in [0.3, 0.4) is 0 Å². The summed E-state index contributed by atoms with van der Waals surface area (Å²) in [7, 11) is 2.09. The third kappa shape index (κ3) is 3.69. The number of nitrogens with zero attached hydrogens (tertiary/aromatic N) is 1. The van der Waals surface area contributed by atoms with E-state index >= 15 is 0 Å². The zero-order valence-electron chi connectivity index (χ0n) is 22.2. The second-order valence-corrected chi connectivity index (χ2v) is 12.4. The zero-order valence-corrected chi connectivity index (χ0v) is 22.2. The highest BCUT2D eigenvalue weighted by molar-refractivity contribution is 5.77. The van der Waals surface area contributed by atoms with Crippen molar-refractivity contribution in [1.82, 2.24) is 10.2 Å². The van der Waals surface area contributed by atoms with E-state index in [1.165, 1.54) is 0 Å². The second-order valence-electron chi connectivity index (χ2n) is 12.4. The van der Waals surface area contributed by atoms with Crippen LogP contribution in [0.25, 0.3) is 0 Å². The van der Waals surface area contributed by atoms with Gasteiger partial charge in [-0.05, 0) is 83.7 Å². The molecule has 1 spiro atoms. The fourth-order valence-corrected chi connectivity index (χ4v) is 7.62. The number of carbonyl (C=O) groups is 1. The maximum atomic E-state index is 13.4. The summed E-state index contributed by atoms with van der Waals surface area (Å²) in [6.45, 7) is 6.48. The van der Waals surface area contributed by atoms with E-state index in [1.54, 1.807) is 6.07 Å². The molecule has 2 aliphatic carbocycles. The lowest BCUT2D eigenvalue weighted by Crippen LogP contribution is -2.78. The first-order chi connectivity index (χ1) is 17.5. The smallest absolute Gasteiger partial charge is 0.324 e. The quantitative estimate of drug-likeness (QED) is 0.537. The Kier molecular flexibility index (Phi) is 5.64. The molecule has 0 aromatic heterocycles. The maximum absolute atomic E-state index is 13.4. The Morgan fingerprint density at radius 3 is 2.70 bits per heavy atom. The van der Waals surface area contributed by atoms with Crippen LogP contribution in [0.15, 0.2) is 42.5 Å². The number of benzene rings is 2. The van der Waals surface area contributed by atoms with E-state index in [1.807, 2.05) is 57.2 Å². The Bertz CT molecular complexity index is 1210. The van der Waals surface area contributed by atoms with E-state index in [0.717, 1.165) is 36.1 Å². The number of rotatable bonds is 5. The number of hydrogen-bond donors (Lipinski definition) is 3. The molecule has 3 N–H and O–H groups in total. The molecule has 6 rings (SSSR count). The van der Waals surface area contributed by atoms with Crippen molar-refractivity contribution in [1.29, 1.82) is 0 Å². The minimum absolute atomic E-state index is 0.0118. The highest BCUT2D eigenvalue weighted by Gasteiger charge is 2.72. The van der Waals surface area contributed by atoms with Gasteiger partial charge < -0.3 is 24.6 Å². The number of carbonyl (C=O) groups excluding carboxylic acids is 1. The van der Waals surface area contributed by atoms with E-state index in [0.29, 0.717) is 25.0 Å². The minimum Gasteiger partial charge on any atom is -0.504 e. The number of hydrogen-bond acceptors (Lipinski definition) is 7. The Balaban J connectivity index is 1.38. The SMILES string of the molecule is CN1CC[C@]23c4c5ccc(O)c4OC2C(N[C@@H](Cc2ccccc2)C(=O)OC(C)(C)C)CC[C@@]3(O)[C@H]1C5. The monoisotopic (exact) mass is 506 g/mol. The molecule has 2 aliphatic heterocycles. The number of nitrogens with one attached hydrogen (secondary N) is 1. The van der Waals surface area contributed by atoms with Crippen LogP contribution in [0.2, 0.25) is 0 Å². The first-order valence-corrected chi connectivity index (χ1v) is 13.5. The Morgan fingerprint density at radius 2 is 1.97 bits per heavy atom. The van der Waals surface area contributed by atoms with Crippen LogP contribution in [-0.2, 0) is 27.8 Å². The fraction of sp³-hybridized carbons (Fsp3) is 0.567. The number of esters is 1. The van der Waals surface area contributed by atoms with E-state index in [2.05, 4.69) is 17.3 Å². The molecule has 4 aliphatic rings. The van der Waals surface area contributed by atoms with Crippen molar-refractivity contribution in [3.05, 3.63) is 59.2 Å². The van der Waals surface area contributed by atoms with Gasteiger partial charge >= 0.3 is 5.97 Å². The molecule has 1 saturated heterocycles. The van der Waals surface area contributed by atoms with Crippen LogP contribution < -0.4 is 10.1 Å². The van der Waals surface area contributed by atoms with Crippen LogP contribution in [0.4, 0.5) is 0 Å². The zero-order chi connectivity index (χ0) is 26.2. The summed E-state index contributed by atoms with van der Waals surface area (Å²) in [5, 5.41) is 26.8. The van der Waals surface area contributed by atoms with E-state index in [4.69, 9.17) is 9.47 Å². The maximum Gasteiger partial charge on any atom is 0.324 e. The summed E-state index contributed by atoms with van der Waals surface area (Å²) in [6.07, 6.45) is 2.82. The van der Waals surface area contributed by atoms with Crippen LogP contribution >= 0.6 is 0 Å². The van der Waals surface area contributed by atoms with Gasteiger partial charge in [-0.1, -0.05) is 36.4 Å². The molecule has 2 aromatic carbocycles. The number of phenolic OH excluding ortho intramolecular Hbond substituents is 1. The van der Waals surface area contributed by atoms with Gasteiger partial charge in [-0.2, -0.15) is 0 Å². The fourth-order valence-electron chi connectivity index (χ4n) is 7.62. The number of likely N-dealkylation sites (tertiary alicyclic amines) is 1. The van der Waals surface area contributed by atoms with Crippen LogP contribution in [-0.4, -0.2) is 70.1 Å². The molecule has 2 heterocycles. The van der Waals surface area contributed by atoms with Crippen LogP contribution in [0.5, 0.6) is 11.5 Å². The summed E-state index contributed by atoms with van der Waals surface area (Å²) in [4.78, 5) is 15.7. The lowest BCUT2D eigenvalue weighted by Gasteiger charge is -2.63. The van der Waals surface area contributed by atoms with Gasteiger partial charge in [0.25, 0.3) is 0 Å². The van der Waals surface area contributed by atoms with E-state index < -0.39 is 28.8 Å². The summed E-state index contributed by atoms with van der Waals surface area (Å²) in [6, 6.07) is 12.9. The third-order valence-electron chi connectivity index (χ3n) is 9.12. The highest BCUT2D eigenvalue weighted by Crippen LogP contribution is 2.65. The van der Waals surface area contributed by atoms with Gasteiger partial charge in [-0.15, -0.1) is 0 Å². The van der Waals surface area contributed by atoms with Gasteiger partial charge in [0.05, 0.1) is 11.0 Å². The minimum atomic E-state index is -0.963. The molecule has 2 aromatic rings. The first-order valence-electron chi connectivity index (χ1n) is 13.5.